The molecule has 3 N–H and O–H groups in total. The highest BCUT2D eigenvalue weighted by atomic mass is 16.5. The molecule has 0 aromatic carbocycles. The summed E-state index contributed by atoms with van der Waals surface area (Å²) in [4.78, 5) is 11.5. The number of morpholine rings is 1. The fourth-order valence-corrected chi connectivity index (χ4v) is 3.05. The number of nitrogens with one attached hydrogen (secondary N) is 2. The van der Waals surface area contributed by atoms with Crippen LogP contribution in [0.4, 0.5) is 11.8 Å². The lowest BCUT2D eigenvalue weighted by molar-refractivity contribution is 0.0260. The minimum Gasteiger partial charge on any atom is -0.400 e. The number of rotatable bonds is 10. The lowest BCUT2D eigenvalue weighted by Gasteiger charge is -2.32. The third-order valence-electron chi connectivity index (χ3n) is 4.36. The zero-order valence-corrected chi connectivity index (χ0v) is 22.8. The first-order valence-corrected chi connectivity index (χ1v) is 12.3. The minimum absolute atomic E-state index is 0.311. The van der Waals surface area contributed by atoms with Crippen molar-refractivity contribution in [2.24, 2.45) is 0 Å². The highest BCUT2D eigenvalue weighted by molar-refractivity contribution is 5.46. The van der Waals surface area contributed by atoms with Crippen LogP contribution in [0.5, 0.6) is 0 Å². The summed E-state index contributed by atoms with van der Waals surface area (Å²) >= 11 is 0. The van der Waals surface area contributed by atoms with Crippen molar-refractivity contribution in [2.75, 3.05) is 50.6 Å². The monoisotopic (exact) mass is 475 g/mol. The number of aromatic nitrogens is 2. The van der Waals surface area contributed by atoms with Gasteiger partial charge in [0.25, 0.3) is 0 Å². The molecule has 1 fully saturated rings. The number of aliphatic hydroxyl groups excluding tert-OH is 1. The van der Waals surface area contributed by atoms with E-state index in [9.17, 15) is 0 Å². The molecule has 1 atom stereocenters. The van der Waals surface area contributed by atoms with Crippen molar-refractivity contribution in [1.82, 2.24) is 14.9 Å². The molecule has 1 aromatic rings. The first-order chi connectivity index (χ1) is 16.6. The van der Waals surface area contributed by atoms with Crippen molar-refractivity contribution < 1.29 is 9.84 Å². The Morgan fingerprint density at radius 2 is 1.82 bits per heavy atom. The summed E-state index contributed by atoms with van der Waals surface area (Å²) in [7, 11) is 1.00. The molecule has 0 amide bonds. The van der Waals surface area contributed by atoms with E-state index in [0.717, 1.165) is 57.0 Å². The molecule has 194 valence electrons. The third-order valence-corrected chi connectivity index (χ3v) is 4.36. The van der Waals surface area contributed by atoms with E-state index in [1.165, 1.54) is 0 Å². The normalized spacial score (nSPS) is 14.7. The van der Waals surface area contributed by atoms with E-state index in [1.807, 2.05) is 78.0 Å². The number of aliphatic hydroxyl groups is 1. The van der Waals surface area contributed by atoms with Gasteiger partial charge in [0.15, 0.2) is 0 Å². The van der Waals surface area contributed by atoms with Crippen LogP contribution >= 0.6 is 0 Å². The largest absolute Gasteiger partial charge is 0.400 e. The summed E-state index contributed by atoms with van der Waals surface area (Å²) < 4.78 is 5.47. The summed E-state index contributed by atoms with van der Waals surface area (Å²) in [5.41, 5.74) is 1.98. The zero-order valence-electron chi connectivity index (χ0n) is 22.8. The van der Waals surface area contributed by atoms with Crippen LogP contribution in [0.15, 0.2) is 54.8 Å². The van der Waals surface area contributed by atoms with E-state index in [0.29, 0.717) is 18.5 Å². The zero-order chi connectivity index (χ0) is 26.2. The van der Waals surface area contributed by atoms with E-state index in [4.69, 9.17) is 9.84 Å². The fraction of sp³-hybridized carbons (Fsp3) is 0.556. The summed E-state index contributed by atoms with van der Waals surface area (Å²) in [6.07, 6.45) is 13.2. The van der Waals surface area contributed by atoms with Crippen LogP contribution in [0.25, 0.3) is 0 Å². The number of aryl methyl sites for hydroxylation is 1. The molecule has 2 heterocycles. The Morgan fingerprint density at radius 1 is 1.18 bits per heavy atom. The molecule has 1 aromatic heterocycles. The molecule has 1 saturated heterocycles. The highest BCUT2D eigenvalue weighted by Crippen LogP contribution is 2.15. The summed E-state index contributed by atoms with van der Waals surface area (Å²) in [6.45, 7) is 22.1. The third kappa shape index (κ3) is 15.4. The number of hydrogen-bond acceptors (Lipinski definition) is 7. The maximum Gasteiger partial charge on any atom is 0.225 e. The Kier molecular flexibility index (Phi) is 23.5. The van der Waals surface area contributed by atoms with Crippen LogP contribution in [0, 0.1) is 6.92 Å². The number of allylic oxidation sites excluding steroid dienone is 4. The molecule has 34 heavy (non-hydrogen) atoms. The molecule has 1 unspecified atom stereocenters. The Hall–Kier alpha value is -2.48. The standard InChI is InChI=1S/C22H33N5O.2C2H6.CH4O/c1-5-7-8-9-11-23-22-25-19(4)17-21(26-22)24-18(3)16-20(10-6-2)27-12-14-28-15-13-27;3*1-2/h5-9,16-17,20H,2,10-15H2,1,3-4H3,(H2,23,24,25,26);2*1-2H3;2H,1H3/b7-5-,9-8+,18-16+;;;. The molecular formula is C27H49N5O2. The van der Waals surface area contributed by atoms with Crippen LogP contribution in [0.3, 0.4) is 0 Å². The lowest BCUT2D eigenvalue weighted by Crippen LogP contribution is -2.42. The minimum atomic E-state index is 0.311. The molecule has 7 heteroatoms. The van der Waals surface area contributed by atoms with Gasteiger partial charge in [0, 0.05) is 50.2 Å². The highest BCUT2D eigenvalue weighted by Gasteiger charge is 2.18. The van der Waals surface area contributed by atoms with Crippen LogP contribution in [0.1, 0.15) is 53.7 Å². The molecule has 2 rings (SSSR count). The molecule has 0 bridgehead atoms. The summed E-state index contributed by atoms with van der Waals surface area (Å²) in [5.74, 6) is 1.41. The van der Waals surface area contributed by atoms with Crippen molar-refractivity contribution in [3.8, 4) is 0 Å². The van der Waals surface area contributed by atoms with E-state index >= 15 is 0 Å². The molecule has 0 spiro atoms. The van der Waals surface area contributed by atoms with Crippen molar-refractivity contribution in [3.05, 3.63) is 60.5 Å². The van der Waals surface area contributed by atoms with E-state index in [-0.39, 0.29) is 0 Å². The van der Waals surface area contributed by atoms with E-state index < -0.39 is 0 Å². The first-order valence-electron chi connectivity index (χ1n) is 12.3. The fourth-order valence-electron chi connectivity index (χ4n) is 3.05. The van der Waals surface area contributed by atoms with Crippen LogP contribution in [-0.4, -0.2) is 66.0 Å². The number of hydrogen-bond donors (Lipinski definition) is 3. The van der Waals surface area contributed by atoms with Gasteiger partial charge in [-0.05, 0) is 33.3 Å². The Balaban J connectivity index is 0. The van der Waals surface area contributed by atoms with Crippen LogP contribution in [-0.2, 0) is 4.74 Å². The van der Waals surface area contributed by atoms with Gasteiger partial charge < -0.3 is 20.5 Å². The van der Waals surface area contributed by atoms with Gasteiger partial charge in [-0.1, -0.05) is 58.1 Å². The SMILES string of the molecule is C=CCC(/C=C(\C)Nc1cc(C)nc(NC/C=C/C=C\C)n1)N1CCOCC1.CC.CC.CO. The molecule has 7 nitrogen and oxygen atoms in total. The summed E-state index contributed by atoms with van der Waals surface area (Å²) in [5, 5.41) is 13.6. The van der Waals surface area contributed by atoms with Gasteiger partial charge in [0.2, 0.25) is 5.95 Å². The Labute approximate surface area is 208 Å². The van der Waals surface area contributed by atoms with Gasteiger partial charge in [-0.2, -0.15) is 4.98 Å². The second kappa shape index (κ2) is 23.7. The van der Waals surface area contributed by atoms with Gasteiger partial charge in [-0.3, -0.25) is 4.90 Å². The smallest absolute Gasteiger partial charge is 0.225 e. The van der Waals surface area contributed by atoms with Crippen molar-refractivity contribution in [2.45, 2.75) is 60.9 Å². The second-order valence-electron chi connectivity index (χ2n) is 6.77. The number of ether oxygens (including phenoxy) is 1. The maximum absolute atomic E-state index is 7.00. The van der Waals surface area contributed by atoms with Crippen LogP contribution < -0.4 is 10.6 Å². The maximum atomic E-state index is 7.00. The Bertz CT molecular complexity index is 711. The number of nitrogens with zero attached hydrogens (tertiary/aromatic N) is 3. The van der Waals surface area contributed by atoms with Gasteiger partial charge >= 0.3 is 0 Å². The van der Waals surface area contributed by atoms with Crippen molar-refractivity contribution in [3.63, 3.8) is 0 Å². The Morgan fingerprint density at radius 3 is 2.41 bits per heavy atom. The number of anilines is 2. The van der Waals surface area contributed by atoms with Crippen molar-refractivity contribution >= 4 is 11.8 Å². The predicted molar refractivity (Wildman–Crippen MR) is 148 cm³/mol. The molecule has 0 saturated carbocycles. The molecule has 0 radical (unpaired) electrons. The van der Waals surface area contributed by atoms with E-state index in [2.05, 4.69) is 45.1 Å². The van der Waals surface area contributed by atoms with Gasteiger partial charge in [0.1, 0.15) is 5.82 Å². The second-order valence-corrected chi connectivity index (χ2v) is 6.77. The van der Waals surface area contributed by atoms with Crippen molar-refractivity contribution in [1.29, 1.82) is 0 Å². The van der Waals surface area contributed by atoms with Crippen LogP contribution in [0.2, 0.25) is 0 Å². The van der Waals surface area contributed by atoms with Gasteiger partial charge in [0.05, 0.1) is 13.2 Å². The average molecular weight is 476 g/mol. The molecule has 1 aliphatic heterocycles. The molecular weight excluding hydrogens is 426 g/mol. The predicted octanol–water partition coefficient (Wildman–Crippen LogP) is 5.58. The molecule has 1 aliphatic rings. The molecule has 0 aliphatic carbocycles. The van der Waals surface area contributed by atoms with Gasteiger partial charge in [-0.15, -0.1) is 6.58 Å². The topological polar surface area (TPSA) is 82.5 Å². The van der Waals surface area contributed by atoms with E-state index in [1.54, 1.807) is 0 Å². The quantitative estimate of drug-likeness (QED) is 0.301. The average Bonchev–Trinajstić information content (AvgIpc) is 2.87. The van der Waals surface area contributed by atoms with Gasteiger partial charge in [-0.25, -0.2) is 4.98 Å². The lowest BCUT2D eigenvalue weighted by atomic mass is 10.1. The summed E-state index contributed by atoms with van der Waals surface area (Å²) in [6, 6.07) is 2.27. The first kappa shape index (κ1) is 33.7.